The smallest absolute Gasteiger partial charge is 0.240 e. The number of amides is 2. The molecule has 0 bridgehead atoms. The Bertz CT molecular complexity index is 372. The number of hydrogen-bond acceptors (Lipinski definition) is 4. The normalized spacial score (nSPS) is 25.0. The summed E-state index contributed by atoms with van der Waals surface area (Å²) in [6.07, 6.45) is 3.10. The number of carbonyl (C=O) groups excluding carboxylic acids is 2. The number of nitrogens with one attached hydrogen (secondary N) is 2. The van der Waals surface area contributed by atoms with E-state index >= 15 is 0 Å². The van der Waals surface area contributed by atoms with E-state index in [1.807, 2.05) is 6.92 Å². The van der Waals surface area contributed by atoms with Crippen LogP contribution in [0.15, 0.2) is 0 Å². The molecule has 6 nitrogen and oxygen atoms in total. The number of nitrogens with zero attached hydrogens (tertiary/aromatic N) is 1. The minimum atomic E-state index is -0.584. The zero-order chi connectivity index (χ0) is 14.6. The van der Waals surface area contributed by atoms with E-state index < -0.39 is 5.54 Å². The van der Waals surface area contributed by atoms with Gasteiger partial charge in [0.2, 0.25) is 11.8 Å². The Labute approximate surface area is 132 Å². The Morgan fingerprint density at radius 1 is 1.33 bits per heavy atom. The second-order valence-corrected chi connectivity index (χ2v) is 5.47. The van der Waals surface area contributed by atoms with Crippen molar-refractivity contribution < 1.29 is 14.3 Å². The lowest BCUT2D eigenvalue weighted by Gasteiger charge is -2.45. The molecule has 0 aromatic rings. The molecule has 2 aliphatic heterocycles. The summed E-state index contributed by atoms with van der Waals surface area (Å²) in [4.78, 5) is 26.8. The van der Waals surface area contributed by atoms with E-state index in [1.165, 1.54) is 0 Å². The van der Waals surface area contributed by atoms with E-state index in [9.17, 15) is 9.59 Å². The van der Waals surface area contributed by atoms with Crippen LogP contribution in [0.4, 0.5) is 0 Å². The predicted molar refractivity (Wildman–Crippen MR) is 82.5 cm³/mol. The SMILES string of the molecule is CCNC(=O)[C@@H]1CCCN1C1(C(=O)NC)CCOCC1.Cl. The molecule has 1 atom stereocenters. The molecule has 21 heavy (non-hydrogen) atoms. The van der Waals surface area contributed by atoms with Gasteiger partial charge in [0.15, 0.2) is 0 Å². The van der Waals surface area contributed by atoms with Crippen LogP contribution in [0, 0.1) is 0 Å². The van der Waals surface area contributed by atoms with Crippen LogP contribution >= 0.6 is 12.4 Å². The van der Waals surface area contributed by atoms with E-state index in [-0.39, 0.29) is 30.3 Å². The third-order valence-corrected chi connectivity index (χ3v) is 4.43. The highest BCUT2D eigenvalue weighted by molar-refractivity contribution is 5.88. The second-order valence-electron chi connectivity index (χ2n) is 5.47. The molecule has 0 aromatic heterocycles. The summed E-state index contributed by atoms with van der Waals surface area (Å²) in [5.41, 5.74) is -0.584. The van der Waals surface area contributed by atoms with Gasteiger partial charge in [-0.2, -0.15) is 0 Å². The average Bonchev–Trinajstić information content (AvgIpc) is 2.97. The van der Waals surface area contributed by atoms with Crippen LogP contribution in [0.25, 0.3) is 0 Å². The van der Waals surface area contributed by atoms with Crippen molar-refractivity contribution in [2.75, 3.05) is 33.4 Å². The summed E-state index contributed by atoms with van der Waals surface area (Å²) >= 11 is 0. The van der Waals surface area contributed by atoms with Gasteiger partial charge in [-0.1, -0.05) is 0 Å². The van der Waals surface area contributed by atoms with Crippen LogP contribution in [-0.4, -0.2) is 61.6 Å². The fraction of sp³-hybridized carbons (Fsp3) is 0.857. The number of likely N-dealkylation sites (N-methyl/N-ethyl adjacent to an activating group) is 2. The molecule has 0 aromatic carbocycles. The molecule has 2 saturated heterocycles. The van der Waals surface area contributed by atoms with Gasteiger partial charge in [0, 0.05) is 33.4 Å². The number of rotatable bonds is 4. The highest BCUT2D eigenvalue weighted by Crippen LogP contribution is 2.35. The first-order valence-corrected chi connectivity index (χ1v) is 7.50. The summed E-state index contributed by atoms with van der Waals surface area (Å²) in [5, 5.41) is 5.66. The Morgan fingerprint density at radius 3 is 2.57 bits per heavy atom. The number of likely N-dealkylation sites (tertiary alicyclic amines) is 1. The highest BCUT2D eigenvalue weighted by atomic mass is 35.5. The number of halogens is 1. The molecule has 2 aliphatic rings. The van der Waals surface area contributed by atoms with Crippen molar-refractivity contribution in [2.24, 2.45) is 0 Å². The molecule has 122 valence electrons. The average molecular weight is 320 g/mol. The zero-order valence-electron chi connectivity index (χ0n) is 12.8. The van der Waals surface area contributed by atoms with Gasteiger partial charge >= 0.3 is 0 Å². The maximum atomic E-state index is 12.5. The fourth-order valence-electron chi connectivity index (χ4n) is 3.43. The standard InChI is InChI=1S/C14H25N3O3.ClH/c1-3-16-12(18)11-5-4-8-17(11)14(13(19)15-2)6-9-20-10-7-14;/h11H,3-10H2,1-2H3,(H,15,19)(H,16,18);1H/t11-;/m0./s1. The van der Waals surface area contributed by atoms with Crippen LogP contribution in [0.1, 0.15) is 32.6 Å². The summed E-state index contributed by atoms with van der Waals surface area (Å²) in [7, 11) is 1.66. The summed E-state index contributed by atoms with van der Waals surface area (Å²) < 4.78 is 5.41. The van der Waals surface area contributed by atoms with Crippen molar-refractivity contribution >= 4 is 24.2 Å². The summed E-state index contributed by atoms with van der Waals surface area (Å²) in [6, 6.07) is -0.189. The second kappa shape index (κ2) is 7.96. The molecule has 0 saturated carbocycles. The van der Waals surface area contributed by atoms with Crippen LogP contribution in [0.3, 0.4) is 0 Å². The molecule has 2 fully saturated rings. The van der Waals surface area contributed by atoms with Crippen molar-refractivity contribution in [3.05, 3.63) is 0 Å². The molecular formula is C14H26ClN3O3. The summed E-state index contributed by atoms with van der Waals surface area (Å²) in [6.45, 7) is 4.49. The molecule has 7 heteroatoms. The topological polar surface area (TPSA) is 70.7 Å². The van der Waals surface area contributed by atoms with Gasteiger partial charge in [-0.25, -0.2) is 0 Å². The lowest BCUT2D eigenvalue weighted by Crippen LogP contribution is -2.64. The van der Waals surface area contributed by atoms with Crippen LogP contribution in [-0.2, 0) is 14.3 Å². The van der Waals surface area contributed by atoms with Gasteiger partial charge in [-0.05, 0) is 32.6 Å². The molecule has 2 heterocycles. The van der Waals surface area contributed by atoms with Gasteiger partial charge in [0.25, 0.3) is 0 Å². The quantitative estimate of drug-likeness (QED) is 0.782. The Hall–Kier alpha value is -0.850. The van der Waals surface area contributed by atoms with E-state index in [4.69, 9.17) is 4.74 Å². The molecular weight excluding hydrogens is 294 g/mol. The number of ether oxygens (including phenoxy) is 1. The van der Waals surface area contributed by atoms with Crippen molar-refractivity contribution in [3.63, 3.8) is 0 Å². The lowest BCUT2D eigenvalue weighted by molar-refractivity contribution is -0.144. The molecule has 0 unspecified atom stereocenters. The Kier molecular flexibility index (Phi) is 6.90. The van der Waals surface area contributed by atoms with Crippen LogP contribution in [0.2, 0.25) is 0 Å². The van der Waals surface area contributed by atoms with Crippen LogP contribution in [0.5, 0.6) is 0 Å². The maximum Gasteiger partial charge on any atom is 0.240 e. The minimum Gasteiger partial charge on any atom is -0.381 e. The van der Waals surface area contributed by atoms with Gasteiger partial charge < -0.3 is 15.4 Å². The van der Waals surface area contributed by atoms with Crippen LogP contribution < -0.4 is 10.6 Å². The molecule has 0 radical (unpaired) electrons. The van der Waals surface area contributed by atoms with Gasteiger partial charge in [0.1, 0.15) is 5.54 Å². The highest BCUT2D eigenvalue weighted by Gasteiger charge is 2.50. The zero-order valence-corrected chi connectivity index (χ0v) is 13.6. The van der Waals surface area contributed by atoms with Crippen molar-refractivity contribution in [2.45, 2.75) is 44.2 Å². The lowest BCUT2D eigenvalue weighted by atomic mass is 9.86. The molecule has 2 N–H and O–H groups in total. The monoisotopic (exact) mass is 319 g/mol. The third-order valence-electron chi connectivity index (χ3n) is 4.43. The van der Waals surface area contributed by atoms with E-state index in [1.54, 1.807) is 7.05 Å². The van der Waals surface area contributed by atoms with Crippen molar-refractivity contribution in [1.29, 1.82) is 0 Å². The molecule has 0 aliphatic carbocycles. The maximum absolute atomic E-state index is 12.5. The third kappa shape index (κ3) is 3.49. The fourth-order valence-corrected chi connectivity index (χ4v) is 3.43. The van der Waals surface area contributed by atoms with E-state index in [0.717, 1.165) is 19.4 Å². The number of carbonyl (C=O) groups is 2. The molecule has 0 spiro atoms. The van der Waals surface area contributed by atoms with Gasteiger partial charge in [-0.3, -0.25) is 14.5 Å². The first-order valence-electron chi connectivity index (χ1n) is 7.50. The van der Waals surface area contributed by atoms with E-state index in [2.05, 4.69) is 15.5 Å². The largest absolute Gasteiger partial charge is 0.381 e. The summed E-state index contributed by atoms with van der Waals surface area (Å²) in [5.74, 6) is 0.0526. The predicted octanol–water partition coefficient (Wildman–Crippen LogP) is 0.304. The van der Waals surface area contributed by atoms with Gasteiger partial charge in [0.05, 0.1) is 6.04 Å². The molecule has 2 rings (SSSR count). The first kappa shape index (κ1) is 18.2. The minimum absolute atomic E-state index is 0. The Balaban J connectivity index is 0.00000220. The van der Waals surface area contributed by atoms with Gasteiger partial charge in [-0.15, -0.1) is 12.4 Å². The Morgan fingerprint density at radius 2 is 2.00 bits per heavy atom. The molecule has 2 amide bonds. The first-order chi connectivity index (χ1) is 9.65. The number of hydrogen-bond donors (Lipinski definition) is 2. The van der Waals surface area contributed by atoms with Crippen molar-refractivity contribution in [3.8, 4) is 0 Å². The van der Waals surface area contributed by atoms with E-state index in [0.29, 0.717) is 32.6 Å². The van der Waals surface area contributed by atoms with Crippen molar-refractivity contribution in [1.82, 2.24) is 15.5 Å².